The Kier molecular flexibility index (Phi) is 7.42. The molecule has 45 heavy (non-hydrogen) atoms. The summed E-state index contributed by atoms with van der Waals surface area (Å²) in [4.78, 5) is 32.9. The number of hydrogen-bond donors (Lipinski definition) is 0. The molecule has 6 aromatic rings. The molecule has 0 saturated heterocycles. The van der Waals surface area contributed by atoms with E-state index in [0.717, 1.165) is 73.3 Å². The van der Waals surface area contributed by atoms with Crippen molar-refractivity contribution in [1.82, 2.24) is 19.9 Å². The number of aromatic nitrogens is 4. The molecule has 3 aromatic carbocycles. The van der Waals surface area contributed by atoms with Gasteiger partial charge in [0.25, 0.3) is 0 Å². The van der Waals surface area contributed by atoms with E-state index in [-0.39, 0.29) is 16.5 Å². The zero-order valence-corrected chi connectivity index (χ0v) is 24.9. The fraction of sp³-hybridized carbons (Fsp3) is 0. The Morgan fingerprint density at radius 2 is 0.756 bits per heavy atom. The fourth-order valence-corrected chi connectivity index (χ4v) is 5.93. The molecule has 0 spiro atoms. The second kappa shape index (κ2) is 11.8. The average Bonchev–Trinajstić information content (AvgIpc) is 3.90. The normalized spacial score (nSPS) is 11.7. The summed E-state index contributed by atoms with van der Waals surface area (Å²) in [5.74, 6) is 0. The van der Waals surface area contributed by atoms with E-state index < -0.39 is 0 Å². The molecule has 0 amide bonds. The summed E-state index contributed by atoms with van der Waals surface area (Å²) < 4.78 is 0. The first-order valence-electron chi connectivity index (χ1n) is 14.4. The molecular formula is C39H24N4NiO. The molecule has 8 rings (SSSR count). The van der Waals surface area contributed by atoms with Crippen molar-refractivity contribution < 1.29 is 21.3 Å². The largest absolute Gasteiger partial charge is 2.00 e. The number of hydrogen-bond acceptors (Lipinski definition) is 3. The molecule has 0 N–H and O–H groups in total. The third-order valence-electron chi connectivity index (χ3n) is 7.95. The van der Waals surface area contributed by atoms with Crippen LogP contribution in [0.4, 0.5) is 0 Å². The van der Waals surface area contributed by atoms with E-state index in [1.807, 2.05) is 103 Å². The molecule has 3 aromatic heterocycles. The van der Waals surface area contributed by atoms with Crippen LogP contribution in [0.25, 0.3) is 79.8 Å². The van der Waals surface area contributed by atoms with Crippen molar-refractivity contribution >= 4 is 52.7 Å². The van der Waals surface area contributed by atoms with Gasteiger partial charge in [-0.25, -0.2) is 9.97 Å². The van der Waals surface area contributed by atoms with Crippen LogP contribution in [0.15, 0.2) is 115 Å². The van der Waals surface area contributed by atoms with Crippen molar-refractivity contribution in [2.45, 2.75) is 0 Å². The van der Waals surface area contributed by atoms with Crippen LogP contribution in [0, 0.1) is 0 Å². The van der Waals surface area contributed by atoms with Gasteiger partial charge in [0.15, 0.2) is 6.29 Å². The van der Waals surface area contributed by atoms with Crippen LogP contribution in [0.5, 0.6) is 0 Å². The molecule has 5 heterocycles. The third-order valence-corrected chi connectivity index (χ3v) is 7.95. The average molecular weight is 623 g/mol. The van der Waals surface area contributed by atoms with Gasteiger partial charge in [0, 0.05) is 5.56 Å². The number of nitrogens with zero attached hydrogens (tertiary/aromatic N) is 4. The molecule has 0 atom stereocenters. The van der Waals surface area contributed by atoms with Crippen LogP contribution in [0.1, 0.15) is 33.1 Å². The van der Waals surface area contributed by atoms with Crippen molar-refractivity contribution in [3.63, 3.8) is 0 Å². The molecule has 5 nitrogen and oxygen atoms in total. The van der Waals surface area contributed by atoms with Crippen molar-refractivity contribution in [1.29, 1.82) is 0 Å². The number of carbonyl (C=O) groups is 1. The predicted molar refractivity (Wildman–Crippen MR) is 178 cm³/mol. The Morgan fingerprint density at radius 3 is 1.16 bits per heavy atom. The van der Waals surface area contributed by atoms with Gasteiger partial charge in [0.05, 0.1) is 22.8 Å². The quantitative estimate of drug-likeness (QED) is 0.145. The minimum Gasteiger partial charge on any atom is -0.657 e. The van der Waals surface area contributed by atoms with Gasteiger partial charge < -0.3 is 9.97 Å². The minimum absolute atomic E-state index is 0. The molecule has 0 unspecified atom stereocenters. The van der Waals surface area contributed by atoms with Crippen molar-refractivity contribution in [2.75, 3.05) is 0 Å². The van der Waals surface area contributed by atoms with Crippen LogP contribution in [0.2, 0.25) is 0 Å². The minimum atomic E-state index is 0. The first-order valence-corrected chi connectivity index (χ1v) is 14.4. The van der Waals surface area contributed by atoms with Crippen molar-refractivity contribution in [3.05, 3.63) is 144 Å². The number of rotatable bonds is 4. The van der Waals surface area contributed by atoms with E-state index >= 15 is 0 Å². The Hall–Kier alpha value is -5.58. The summed E-state index contributed by atoms with van der Waals surface area (Å²) in [5, 5.41) is 0. The van der Waals surface area contributed by atoms with Gasteiger partial charge in [-0.05, 0) is 57.7 Å². The van der Waals surface area contributed by atoms with E-state index in [1.165, 1.54) is 0 Å². The van der Waals surface area contributed by atoms with Crippen LogP contribution >= 0.6 is 0 Å². The summed E-state index contributed by atoms with van der Waals surface area (Å²) in [6.07, 6.45) is 8.75. The maximum atomic E-state index is 12.5. The molecule has 216 valence electrons. The Morgan fingerprint density at radius 1 is 0.422 bits per heavy atom. The second-order valence-electron chi connectivity index (χ2n) is 10.6. The molecule has 0 fully saturated rings. The molecular weight excluding hydrogens is 599 g/mol. The van der Waals surface area contributed by atoms with Crippen LogP contribution in [-0.2, 0) is 16.5 Å². The smallest absolute Gasteiger partial charge is 0.657 e. The van der Waals surface area contributed by atoms with Gasteiger partial charge in [-0.3, -0.25) is 4.79 Å². The summed E-state index contributed by atoms with van der Waals surface area (Å²) >= 11 is 0. The van der Waals surface area contributed by atoms with E-state index in [2.05, 4.69) is 36.4 Å². The van der Waals surface area contributed by atoms with Gasteiger partial charge in [-0.1, -0.05) is 115 Å². The molecule has 0 saturated carbocycles. The third kappa shape index (κ3) is 5.05. The Labute approximate surface area is 270 Å². The summed E-state index contributed by atoms with van der Waals surface area (Å²) in [6, 6.07) is 38.4. The summed E-state index contributed by atoms with van der Waals surface area (Å²) in [7, 11) is 0. The fourth-order valence-electron chi connectivity index (χ4n) is 5.93. The number of aldehydes is 1. The molecule has 6 heteroatoms. The standard InChI is InChI=1S/C39H25N4O.Ni/c44-24-28-29-16-18-31(40-29)37(25-10-4-1-5-11-25)33-20-22-35(42-33)39(27-14-8-3-9-15-27)36-23-21-34(43-36)38(26-12-6-2-7-13-26)32-19-17-30(28)41-32;/h1-24H,(H-,40,41,42,43,44);/q-1;+2/p-1. The van der Waals surface area contributed by atoms with Gasteiger partial charge in [-0.2, -0.15) is 0 Å². The summed E-state index contributed by atoms with van der Waals surface area (Å²) in [6.45, 7) is 0. The summed E-state index contributed by atoms with van der Waals surface area (Å²) in [5.41, 5.74) is 12.0. The topological polar surface area (TPSA) is 71.1 Å². The maximum absolute atomic E-state index is 12.5. The van der Waals surface area contributed by atoms with Crippen LogP contribution in [0.3, 0.4) is 0 Å². The molecule has 8 bridgehead atoms. The first-order chi connectivity index (χ1) is 21.8. The van der Waals surface area contributed by atoms with E-state index in [9.17, 15) is 4.79 Å². The van der Waals surface area contributed by atoms with E-state index in [1.54, 1.807) is 0 Å². The SMILES string of the molecule is O=Cc1c2nc(c(-c3ccccc3)c3ccc([n-]3)c(-c3ccccc3)c3nc(c(-c4ccccc4)c4ccc1[n-]4)C=C3)C=C2.[Ni+2]. The first kappa shape index (κ1) is 28.2. The van der Waals surface area contributed by atoms with E-state index in [0.29, 0.717) is 16.8 Å². The van der Waals surface area contributed by atoms with E-state index in [4.69, 9.17) is 19.9 Å². The molecule has 0 radical (unpaired) electrons. The van der Waals surface area contributed by atoms with Crippen LogP contribution < -0.4 is 9.97 Å². The molecule has 2 aliphatic rings. The molecule has 2 aliphatic heterocycles. The zero-order valence-electron chi connectivity index (χ0n) is 23.9. The number of fused-ring (bicyclic) bond motifs is 8. The van der Waals surface area contributed by atoms with Gasteiger partial charge in [0.2, 0.25) is 0 Å². The second-order valence-corrected chi connectivity index (χ2v) is 10.6. The number of benzene rings is 3. The van der Waals surface area contributed by atoms with Crippen molar-refractivity contribution in [3.8, 4) is 33.4 Å². The maximum Gasteiger partial charge on any atom is 2.00 e. The number of carbonyl (C=O) groups excluding carboxylic acids is 1. The van der Waals surface area contributed by atoms with Gasteiger partial charge >= 0.3 is 16.5 Å². The molecule has 0 aliphatic carbocycles. The monoisotopic (exact) mass is 622 g/mol. The zero-order chi connectivity index (χ0) is 29.5. The van der Waals surface area contributed by atoms with Crippen LogP contribution in [-0.4, -0.2) is 16.3 Å². The predicted octanol–water partition coefficient (Wildman–Crippen LogP) is 8.72. The van der Waals surface area contributed by atoms with Gasteiger partial charge in [-0.15, -0.1) is 22.1 Å². The Balaban J connectivity index is 0.00000325. The Bertz CT molecular complexity index is 2250. The van der Waals surface area contributed by atoms with Crippen molar-refractivity contribution in [2.24, 2.45) is 0 Å². The van der Waals surface area contributed by atoms with Gasteiger partial charge in [0.1, 0.15) is 0 Å².